The first-order chi connectivity index (χ1) is 9.84. The Balaban J connectivity index is 1.96. The third-order valence-corrected chi connectivity index (χ3v) is 6.93. The summed E-state index contributed by atoms with van der Waals surface area (Å²) in [5.41, 5.74) is 0.457. The van der Waals surface area contributed by atoms with Crippen molar-refractivity contribution in [2.45, 2.75) is 71.1 Å². The van der Waals surface area contributed by atoms with Crippen molar-refractivity contribution >= 4 is 11.8 Å². The van der Waals surface area contributed by atoms with Crippen LogP contribution in [0.5, 0.6) is 0 Å². The molecule has 1 aliphatic heterocycles. The Morgan fingerprint density at radius 3 is 2.62 bits per heavy atom. The standard InChI is InChI=1S/C18H36N2S/c1-6-19-16-15(8-7-9-17(16,2)3)14-20-11-10-18(4,5)21-13-12-20/h15-16,19H,6-14H2,1-5H3. The summed E-state index contributed by atoms with van der Waals surface area (Å²) in [6, 6.07) is 0.695. The Labute approximate surface area is 136 Å². The largest absolute Gasteiger partial charge is 0.313 e. The Bertz CT molecular complexity index is 327. The highest BCUT2D eigenvalue weighted by molar-refractivity contribution is 8.00. The zero-order valence-corrected chi connectivity index (χ0v) is 15.7. The van der Waals surface area contributed by atoms with E-state index in [0.717, 1.165) is 12.5 Å². The molecule has 124 valence electrons. The molecule has 0 aromatic carbocycles. The Kier molecular flexibility index (Phi) is 6.07. The van der Waals surface area contributed by atoms with Crippen LogP contribution in [-0.2, 0) is 0 Å². The van der Waals surface area contributed by atoms with Gasteiger partial charge in [-0.2, -0.15) is 11.8 Å². The predicted molar refractivity (Wildman–Crippen MR) is 96.2 cm³/mol. The maximum absolute atomic E-state index is 3.81. The molecule has 1 N–H and O–H groups in total. The second kappa shape index (κ2) is 7.23. The molecule has 2 atom stereocenters. The quantitative estimate of drug-likeness (QED) is 0.844. The number of thioether (sulfide) groups is 1. The van der Waals surface area contributed by atoms with Crippen molar-refractivity contribution in [3.05, 3.63) is 0 Å². The summed E-state index contributed by atoms with van der Waals surface area (Å²) in [5, 5.41) is 3.81. The molecule has 21 heavy (non-hydrogen) atoms. The molecule has 1 saturated carbocycles. The van der Waals surface area contributed by atoms with Crippen LogP contribution in [-0.4, -0.2) is 47.6 Å². The number of nitrogens with zero attached hydrogens (tertiary/aromatic N) is 1. The van der Waals surface area contributed by atoms with Gasteiger partial charge < -0.3 is 10.2 Å². The van der Waals surface area contributed by atoms with E-state index in [9.17, 15) is 0 Å². The number of rotatable bonds is 4. The highest BCUT2D eigenvalue weighted by atomic mass is 32.2. The van der Waals surface area contributed by atoms with Gasteiger partial charge in [-0.25, -0.2) is 0 Å². The van der Waals surface area contributed by atoms with E-state index in [0.29, 0.717) is 16.2 Å². The van der Waals surface area contributed by atoms with E-state index in [2.05, 4.69) is 56.6 Å². The van der Waals surface area contributed by atoms with Gasteiger partial charge in [-0.1, -0.05) is 41.0 Å². The van der Waals surface area contributed by atoms with Gasteiger partial charge in [0.15, 0.2) is 0 Å². The maximum Gasteiger partial charge on any atom is 0.0159 e. The number of hydrogen-bond donors (Lipinski definition) is 1. The fourth-order valence-corrected chi connectivity index (χ4v) is 5.35. The molecular formula is C18H36N2S. The van der Waals surface area contributed by atoms with Gasteiger partial charge in [0.1, 0.15) is 0 Å². The van der Waals surface area contributed by atoms with Crippen molar-refractivity contribution in [1.29, 1.82) is 0 Å². The Morgan fingerprint density at radius 1 is 1.14 bits per heavy atom. The smallest absolute Gasteiger partial charge is 0.0159 e. The average molecular weight is 313 g/mol. The lowest BCUT2D eigenvalue weighted by molar-refractivity contribution is 0.0810. The van der Waals surface area contributed by atoms with Crippen LogP contribution in [0.15, 0.2) is 0 Å². The SMILES string of the molecule is CCNC1C(CN2CCSC(C)(C)CC2)CCCC1(C)C. The van der Waals surface area contributed by atoms with Gasteiger partial charge in [0, 0.05) is 29.6 Å². The molecule has 2 nitrogen and oxygen atoms in total. The van der Waals surface area contributed by atoms with E-state index in [-0.39, 0.29) is 0 Å². The number of nitrogens with one attached hydrogen (secondary N) is 1. The van der Waals surface area contributed by atoms with Gasteiger partial charge in [0.05, 0.1) is 0 Å². The van der Waals surface area contributed by atoms with Crippen LogP contribution in [0.3, 0.4) is 0 Å². The summed E-state index contributed by atoms with van der Waals surface area (Å²) in [5.74, 6) is 2.13. The second-order valence-corrected chi connectivity index (χ2v) is 10.1. The van der Waals surface area contributed by atoms with E-state index in [1.54, 1.807) is 0 Å². The summed E-state index contributed by atoms with van der Waals surface area (Å²) in [6.45, 7) is 17.0. The highest BCUT2D eigenvalue weighted by Crippen LogP contribution is 2.40. The summed E-state index contributed by atoms with van der Waals surface area (Å²) in [6.07, 6.45) is 5.53. The molecule has 2 unspecified atom stereocenters. The van der Waals surface area contributed by atoms with Crippen LogP contribution < -0.4 is 5.32 Å². The van der Waals surface area contributed by atoms with Crippen molar-refractivity contribution in [2.75, 3.05) is 31.9 Å². The van der Waals surface area contributed by atoms with Crippen molar-refractivity contribution < 1.29 is 0 Å². The van der Waals surface area contributed by atoms with Gasteiger partial charge >= 0.3 is 0 Å². The van der Waals surface area contributed by atoms with Crippen LogP contribution in [0.1, 0.15) is 60.3 Å². The number of hydrogen-bond acceptors (Lipinski definition) is 3. The Hall–Kier alpha value is 0.270. The fourth-order valence-electron chi connectivity index (χ4n) is 4.22. The second-order valence-electron chi connectivity index (χ2n) is 8.34. The maximum atomic E-state index is 3.81. The normalized spacial score (nSPS) is 33.6. The molecule has 0 radical (unpaired) electrons. The Morgan fingerprint density at radius 2 is 1.90 bits per heavy atom. The molecule has 0 bridgehead atoms. The van der Waals surface area contributed by atoms with E-state index < -0.39 is 0 Å². The van der Waals surface area contributed by atoms with Crippen LogP contribution in [0.4, 0.5) is 0 Å². The van der Waals surface area contributed by atoms with Gasteiger partial charge in [0.25, 0.3) is 0 Å². The fraction of sp³-hybridized carbons (Fsp3) is 1.00. The molecule has 2 aliphatic rings. The van der Waals surface area contributed by atoms with E-state index in [4.69, 9.17) is 0 Å². The van der Waals surface area contributed by atoms with Crippen LogP contribution >= 0.6 is 11.8 Å². The molecule has 3 heteroatoms. The monoisotopic (exact) mass is 312 g/mol. The highest BCUT2D eigenvalue weighted by Gasteiger charge is 2.39. The zero-order valence-electron chi connectivity index (χ0n) is 14.9. The predicted octanol–water partition coefficient (Wildman–Crippen LogP) is 4.01. The lowest BCUT2D eigenvalue weighted by Crippen LogP contribution is -2.53. The molecule has 1 aliphatic carbocycles. The van der Waals surface area contributed by atoms with Crippen LogP contribution in [0.25, 0.3) is 0 Å². The van der Waals surface area contributed by atoms with E-state index in [1.165, 1.54) is 51.1 Å². The van der Waals surface area contributed by atoms with Crippen molar-refractivity contribution in [2.24, 2.45) is 11.3 Å². The van der Waals surface area contributed by atoms with E-state index in [1.807, 2.05) is 0 Å². The summed E-state index contributed by atoms with van der Waals surface area (Å²) < 4.78 is 0.474. The van der Waals surface area contributed by atoms with Crippen LogP contribution in [0, 0.1) is 11.3 Å². The zero-order chi connectivity index (χ0) is 15.5. The summed E-state index contributed by atoms with van der Waals surface area (Å²) in [4.78, 5) is 2.75. The van der Waals surface area contributed by atoms with Crippen LogP contribution in [0.2, 0.25) is 0 Å². The summed E-state index contributed by atoms with van der Waals surface area (Å²) >= 11 is 2.16. The van der Waals surface area contributed by atoms with Gasteiger partial charge in [0.2, 0.25) is 0 Å². The molecule has 1 heterocycles. The lowest BCUT2D eigenvalue weighted by atomic mass is 9.67. The molecule has 0 amide bonds. The lowest BCUT2D eigenvalue weighted by Gasteiger charge is -2.46. The molecule has 0 aromatic heterocycles. The molecule has 0 spiro atoms. The average Bonchev–Trinajstić information content (AvgIpc) is 2.55. The topological polar surface area (TPSA) is 15.3 Å². The third kappa shape index (κ3) is 4.87. The molecule has 2 rings (SSSR count). The third-order valence-electron chi connectivity index (χ3n) is 5.56. The minimum atomic E-state index is 0.457. The molecule has 0 aromatic rings. The first kappa shape index (κ1) is 17.6. The first-order valence-corrected chi connectivity index (χ1v) is 9.92. The van der Waals surface area contributed by atoms with Gasteiger partial charge in [-0.15, -0.1) is 0 Å². The summed E-state index contributed by atoms with van der Waals surface area (Å²) in [7, 11) is 0. The minimum absolute atomic E-state index is 0.457. The van der Waals surface area contributed by atoms with Crippen molar-refractivity contribution in [3.8, 4) is 0 Å². The molecular weight excluding hydrogens is 276 g/mol. The molecule has 1 saturated heterocycles. The molecule has 2 fully saturated rings. The van der Waals surface area contributed by atoms with E-state index >= 15 is 0 Å². The van der Waals surface area contributed by atoms with Gasteiger partial charge in [-0.05, 0) is 43.7 Å². The first-order valence-electron chi connectivity index (χ1n) is 8.94. The van der Waals surface area contributed by atoms with Gasteiger partial charge in [-0.3, -0.25) is 0 Å². The van der Waals surface area contributed by atoms with Crippen molar-refractivity contribution in [1.82, 2.24) is 10.2 Å². The minimum Gasteiger partial charge on any atom is -0.313 e. The van der Waals surface area contributed by atoms with Crippen molar-refractivity contribution in [3.63, 3.8) is 0 Å².